The SMILES string of the molecule is N#Cc1ccc2c(c1)c1ccccc1n2-c1cccc([Si](c2ccccc2)(c2ccccc2)c2ccc3c4ccccc4n(-c4ccccc4)c3c2)c1. The van der Waals surface area contributed by atoms with Crippen LogP contribution in [0.5, 0.6) is 0 Å². The minimum Gasteiger partial charge on any atom is -0.309 e. The lowest BCUT2D eigenvalue weighted by atomic mass is 10.1. The summed E-state index contributed by atoms with van der Waals surface area (Å²) in [6.45, 7) is 0. The van der Waals surface area contributed by atoms with Gasteiger partial charge in [-0.05, 0) is 81.4 Å². The Morgan fingerprint density at radius 1 is 0.340 bits per heavy atom. The summed E-state index contributed by atoms with van der Waals surface area (Å²) in [4.78, 5) is 0. The molecule has 0 spiro atoms. The third-order valence-corrected chi connectivity index (χ3v) is 15.6. The molecule has 248 valence electrons. The van der Waals surface area contributed by atoms with Crippen LogP contribution < -0.4 is 20.7 Å². The van der Waals surface area contributed by atoms with Crippen molar-refractivity contribution in [3.8, 4) is 17.4 Å². The molecule has 0 saturated heterocycles. The summed E-state index contributed by atoms with van der Waals surface area (Å²) in [7, 11) is -2.95. The molecule has 0 amide bonds. The van der Waals surface area contributed by atoms with Gasteiger partial charge in [-0.1, -0.05) is 140 Å². The molecule has 0 N–H and O–H groups in total. The molecule has 3 nitrogen and oxygen atoms in total. The molecule has 0 atom stereocenters. The Hall–Kier alpha value is -6.93. The lowest BCUT2D eigenvalue weighted by Crippen LogP contribution is -2.74. The number of aromatic nitrogens is 2. The Labute approximate surface area is 308 Å². The first kappa shape index (κ1) is 30.9. The van der Waals surface area contributed by atoms with E-state index in [1.54, 1.807) is 0 Å². The van der Waals surface area contributed by atoms with Crippen LogP contribution in [0, 0.1) is 11.3 Å². The molecule has 0 fully saturated rings. The lowest BCUT2D eigenvalue weighted by Gasteiger charge is -2.35. The third kappa shape index (κ3) is 4.72. The number of benzene rings is 8. The highest BCUT2D eigenvalue weighted by molar-refractivity contribution is 7.20. The van der Waals surface area contributed by atoms with Gasteiger partial charge in [0.2, 0.25) is 0 Å². The Bertz CT molecular complexity index is 2970. The number of fused-ring (bicyclic) bond motifs is 6. The van der Waals surface area contributed by atoms with Gasteiger partial charge >= 0.3 is 0 Å². The van der Waals surface area contributed by atoms with E-state index in [0.717, 1.165) is 33.2 Å². The van der Waals surface area contributed by atoms with Crippen LogP contribution in [-0.2, 0) is 0 Å². The zero-order valence-corrected chi connectivity index (χ0v) is 29.9. The number of rotatable bonds is 6. The number of hydrogen-bond acceptors (Lipinski definition) is 1. The standard InChI is InChI=1S/C49H33N3Si/c50-34-35-27-30-48-45(31-35)43-24-11-13-26-47(43)52(48)37-17-14-22-40(32-37)53(38-18-6-2-7-19-38,39-20-8-3-9-21-39)41-28-29-44-42-23-10-12-25-46(42)51(49(44)33-41)36-15-4-1-5-16-36/h1-33H. The van der Waals surface area contributed by atoms with Crippen molar-refractivity contribution in [2.24, 2.45) is 0 Å². The first-order valence-electron chi connectivity index (χ1n) is 18.0. The number of hydrogen-bond donors (Lipinski definition) is 0. The summed E-state index contributed by atoms with van der Waals surface area (Å²) >= 11 is 0. The summed E-state index contributed by atoms with van der Waals surface area (Å²) in [6.07, 6.45) is 0. The maximum atomic E-state index is 9.78. The number of nitrogens with zero attached hydrogens (tertiary/aromatic N) is 3. The molecule has 2 aromatic heterocycles. The second-order valence-corrected chi connectivity index (χ2v) is 17.5. The topological polar surface area (TPSA) is 33.6 Å². The van der Waals surface area contributed by atoms with Crippen molar-refractivity contribution in [1.82, 2.24) is 9.13 Å². The zero-order valence-electron chi connectivity index (χ0n) is 28.9. The monoisotopic (exact) mass is 691 g/mol. The third-order valence-electron chi connectivity index (χ3n) is 10.9. The quantitative estimate of drug-likeness (QED) is 0.127. The maximum Gasteiger partial charge on any atom is 0.179 e. The van der Waals surface area contributed by atoms with Gasteiger partial charge in [0, 0.05) is 32.9 Å². The van der Waals surface area contributed by atoms with Crippen LogP contribution in [0.4, 0.5) is 0 Å². The Balaban J connectivity index is 1.31. The van der Waals surface area contributed by atoms with Crippen molar-refractivity contribution in [3.05, 3.63) is 206 Å². The average molecular weight is 692 g/mol. The zero-order chi connectivity index (χ0) is 35.4. The molecule has 0 bridgehead atoms. The molecule has 53 heavy (non-hydrogen) atoms. The van der Waals surface area contributed by atoms with Gasteiger partial charge in [0.05, 0.1) is 33.7 Å². The van der Waals surface area contributed by atoms with Gasteiger partial charge in [-0.3, -0.25) is 0 Å². The van der Waals surface area contributed by atoms with Crippen LogP contribution in [0.15, 0.2) is 200 Å². The smallest absolute Gasteiger partial charge is 0.179 e. The highest BCUT2D eigenvalue weighted by Gasteiger charge is 2.42. The van der Waals surface area contributed by atoms with E-state index in [2.05, 4.69) is 203 Å². The van der Waals surface area contributed by atoms with Crippen LogP contribution in [-0.4, -0.2) is 17.2 Å². The molecular formula is C49H33N3Si. The average Bonchev–Trinajstić information content (AvgIpc) is 3.74. The minimum atomic E-state index is -2.95. The van der Waals surface area contributed by atoms with E-state index in [9.17, 15) is 5.26 Å². The largest absolute Gasteiger partial charge is 0.309 e. The van der Waals surface area contributed by atoms with E-state index in [4.69, 9.17) is 0 Å². The highest BCUT2D eigenvalue weighted by Crippen LogP contribution is 2.34. The van der Waals surface area contributed by atoms with Crippen LogP contribution in [0.3, 0.4) is 0 Å². The molecule has 0 aliphatic rings. The Kier molecular flexibility index (Phi) is 7.21. The van der Waals surface area contributed by atoms with Gasteiger partial charge < -0.3 is 9.13 Å². The molecule has 8 aromatic carbocycles. The molecule has 0 radical (unpaired) electrons. The molecule has 0 unspecified atom stereocenters. The van der Waals surface area contributed by atoms with E-state index < -0.39 is 8.07 Å². The summed E-state index contributed by atoms with van der Waals surface area (Å²) in [6, 6.07) is 75.1. The predicted octanol–water partition coefficient (Wildman–Crippen LogP) is 9.13. The van der Waals surface area contributed by atoms with Crippen molar-refractivity contribution in [2.45, 2.75) is 0 Å². The first-order chi connectivity index (χ1) is 26.3. The highest BCUT2D eigenvalue weighted by atomic mass is 28.3. The van der Waals surface area contributed by atoms with Gasteiger partial charge in [-0.25, -0.2) is 0 Å². The van der Waals surface area contributed by atoms with Gasteiger partial charge in [-0.15, -0.1) is 0 Å². The van der Waals surface area contributed by atoms with E-state index in [-0.39, 0.29) is 0 Å². The summed E-state index contributed by atoms with van der Waals surface area (Å²) in [5.74, 6) is 0. The summed E-state index contributed by atoms with van der Waals surface area (Å²) in [5.41, 5.74) is 7.52. The van der Waals surface area contributed by atoms with Crippen molar-refractivity contribution < 1.29 is 0 Å². The Morgan fingerprint density at radius 2 is 0.830 bits per heavy atom. The fourth-order valence-electron chi connectivity index (χ4n) is 8.63. The molecule has 0 aliphatic carbocycles. The predicted molar refractivity (Wildman–Crippen MR) is 223 cm³/mol. The fraction of sp³-hybridized carbons (Fsp3) is 0. The van der Waals surface area contributed by atoms with E-state index in [1.807, 2.05) is 12.1 Å². The van der Waals surface area contributed by atoms with Gasteiger partial charge in [0.15, 0.2) is 8.07 Å². The first-order valence-corrected chi connectivity index (χ1v) is 20.0. The van der Waals surface area contributed by atoms with Gasteiger partial charge in [-0.2, -0.15) is 5.26 Å². The lowest BCUT2D eigenvalue weighted by molar-refractivity contribution is 1.18. The van der Waals surface area contributed by atoms with E-state index in [1.165, 1.54) is 42.6 Å². The molecule has 10 aromatic rings. The summed E-state index contributed by atoms with van der Waals surface area (Å²) < 4.78 is 4.79. The van der Waals surface area contributed by atoms with Crippen molar-refractivity contribution in [1.29, 1.82) is 5.26 Å². The van der Waals surface area contributed by atoms with E-state index in [0.29, 0.717) is 5.56 Å². The number of nitriles is 1. The Morgan fingerprint density at radius 3 is 1.49 bits per heavy atom. The minimum absolute atomic E-state index is 0.664. The number of para-hydroxylation sites is 3. The molecular weight excluding hydrogens is 659 g/mol. The van der Waals surface area contributed by atoms with Crippen LogP contribution in [0.25, 0.3) is 55.0 Å². The van der Waals surface area contributed by atoms with Crippen LogP contribution in [0.1, 0.15) is 5.56 Å². The van der Waals surface area contributed by atoms with Crippen molar-refractivity contribution in [2.75, 3.05) is 0 Å². The normalized spacial score (nSPS) is 11.8. The van der Waals surface area contributed by atoms with Crippen LogP contribution >= 0.6 is 0 Å². The van der Waals surface area contributed by atoms with Gasteiger partial charge in [0.1, 0.15) is 0 Å². The van der Waals surface area contributed by atoms with E-state index >= 15 is 0 Å². The summed E-state index contributed by atoms with van der Waals surface area (Å²) in [5, 5.41) is 19.8. The molecule has 10 rings (SSSR count). The molecule has 0 saturated carbocycles. The van der Waals surface area contributed by atoms with Gasteiger partial charge in [0.25, 0.3) is 0 Å². The fourth-order valence-corrected chi connectivity index (χ4v) is 13.4. The van der Waals surface area contributed by atoms with Crippen LogP contribution in [0.2, 0.25) is 0 Å². The molecule has 2 heterocycles. The van der Waals surface area contributed by atoms with Crippen molar-refractivity contribution >= 4 is 72.4 Å². The second-order valence-electron chi connectivity index (χ2n) is 13.6. The van der Waals surface area contributed by atoms with Crippen molar-refractivity contribution in [3.63, 3.8) is 0 Å². The second kappa shape index (κ2) is 12.4. The maximum absolute atomic E-state index is 9.78. The molecule has 0 aliphatic heterocycles. The molecule has 4 heteroatoms.